The largest absolute Gasteiger partial charge is 0.493 e. The lowest BCUT2D eigenvalue weighted by atomic mass is 9.50. The topological polar surface area (TPSA) is 170 Å². The number of rotatable bonds is 8. The highest BCUT2D eigenvalue weighted by atomic mass is 16.6. The van der Waals surface area contributed by atoms with Crippen LogP contribution in [0.25, 0.3) is 0 Å². The van der Waals surface area contributed by atoms with Gasteiger partial charge in [-0.15, -0.1) is 0 Å². The van der Waals surface area contributed by atoms with Crippen LogP contribution in [0.3, 0.4) is 0 Å². The number of carboxylic acid groups (broad SMARTS) is 1. The lowest BCUT2D eigenvalue weighted by Crippen LogP contribution is -2.74. The molecule has 2 bridgehead atoms. The number of likely N-dealkylation sites (tertiary alicyclic amines) is 1. The Morgan fingerprint density at radius 1 is 1.23 bits per heavy atom. The van der Waals surface area contributed by atoms with E-state index in [1.165, 1.54) is 6.92 Å². The molecule has 3 N–H and O–H groups in total. The van der Waals surface area contributed by atoms with E-state index in [0.717, 1.165) is 11.1 Å². The standard InChI is InChI=1S/C30H38N2O11/c1-15(40-21(33)14-17(25(34)35)31-27(37)43-28(2,3)4)26(36)41-19-9-10-30(38)20-13-16-7-8-18(39-6)23-22(16)29(30,24(19)42-23)11-12-32(20)5/h7-9,15,17,20,24,38H,10-14H2,1-6H3,(H,31,37)(H,34,35)/t15-,17-,20+,24-,29-,30+/m0/s1. The highest BCUT2D eigenvalue weighted by Crippen LogP contribution is 2.65. The van der Waals surface area contributed by atoms with Crippen LogP contribution in [0.1, 0.15) is 58.1 Å². The summed E-state index contributed by atoms with van der Waals surface area (Å²) in [5.41, 5.74) is -1.02. The molecule has 2 aliphatic carbocycles. The molecule has 0 aromatic heterocycles. The molecule has 1 fully saturated rings. The maximum atomic E-state index is 13.2. The van der Waals surface area contributed by atoms with Gasteiger partial charge in [0.1, 0.15) is 17.4 Å². The van der Waals surface area contributed by atoms with Crippen molar-refractivity contribution >= 4 is 24.0 Å². The fourth-order valence-electron chi connectivity index (χ4n) is 6.90. The second kappa shape index (κ2) is 10.7. The second-order valence-electron chi connectivity index (χ2n) is 12.6. The van der Waals surface area contributed by atoms with Gasteiger partial charge in [-0.25, -0.2) is 14.4 Å². The molecule has 0 unspecified atom stereocenters. The van der Waals surface area contributed by atoms with E-state index >= 15 is 0 Å². The number of amides is 1. The number of piperidine rings is 1. The maximum absolute atomic E-state index is 13.2. The lowest BCUT2D eigenvalue weighted by molar-refractivity contribution is -0.175. The summed E-state index contributed by atoms with van der Waals surface area (Å²) in [7, 11) is 3.53. The van der Waals surface area contributed by atoms with E-state index in [0.29, 0.717) is 30.9 Å². The predicted molar refractivity (Wildman–Crippen MR) is 149 cm³/mol. The molecule has 1 aromatic rings. The minimum absolute atomic E-state index is 0.177. The number of carboxylic acids is 1. The van der Waals surface area contributed by atoms with Gasteiger partial charge in [-0.1, -0.05) is 6.07 Å². The molecular weight excluding hydrogens is 564 g/mol. The Labute approximate surface area is 249 Å². The van der Waals surface area contributed by atoms with Crippen LogP contribution in [0.2, 0.25) is 0 Å². The summed E-state index contributed by atoms with van der Waals surface area (Å²) < 4.78 is 28.0. The first-order chi connectivity index (χ1) is 20.1. The van der Waals surface area contributed by atoms with E-state index in [1.54, 1.807) is 34.0 Å². The van der Waals surface area contributed by atoms with Crippen molar-refractivity contribution in [1.82, 2.24) is 10.2 Å². The first-order valence-corrected chi connectivity index (χ1v) is 14.2. The normalized spacial score (nSPS) is 28.3. The number of aliphatic hydroxyl groups is 1. The molecule has 2 heterocycles. The van der Waals surface area contributed by atoms with Crippen LogP contribution in [0.5, 0.6) is 11.5 Å². The monoisotopic (exact) mass is 602 g/mol. The Morgan fingerprint density at radius 3 is 2.60 bits per heavy atom. The van der Waals surface area contributed by atoms with Gasteiger partial charge in [0.15, 0.2) is 23.7 Å². The number of esters is 2. The maximum Gasteiger partial charge on any atom is 0.408 e. The summed E-state index contributed by atoms with van der Waals surface area (Å²) in [5.74, 6) is -2.19. The van der Waals surface area contributed by atoms with Crippen LogP contribution >= 0.6 is 0 Å². The predicted octanol–water partition coefficient (Wildman–Crippen LogP) is 1.82. The number of carbonyl (C=O) groups is 4. The van der Waals surface area contributed by atoms with E-state index in [4.69, 9.17) is 23.7 Å². The molecule has 0 radical (unpaired) electrons. The van der Waals surface area contributed by atoms with E-state index in [1.807, 2.05) is 19.2 Å². The van der Waals surface area contributed by atoms with E-state index in [2.05, 4.69) is 10.2 Å². The first-order valence-electron chi connectivity index (χ1n) is 14.2. The second-order valence-corrected chi connectivity index (χ2v) is 12.6. The first kappa shape index (κ1) is 30.6. The summed E-state index contributed by atoms with van der Waals surface area (Å²) in [6, 6.07) is 2.01. The number of alkyl carbamates (subject to hydrolysis) is 1. The highest BCUT2D eigenvalue weighted by molar-refractivity contribution is 5.86. The van der Waals surface area contributed by atoms with Gasteiger partial charge in [0.25, 0.3) is 0 Å². The molecule has 2 aliphatic heterocycles. The van der Waals surface area contributed by atoms with Gasteiger partial charge in [0.05, 0.1) is 24.5 Å². The summed E-state index contributed by atoms with van der Waals surface area (Å²) in [6.45, 7) is 6.81. The van der Waals surface area contributed by atoms with Crippen molar-refractivity contribution in [1.29, 1.82) is 0 Å². The molecule has 1 amide bonds. The minimum Gasteiger partial charge on any atom is -0.493 e. The number of likely N-dealkylation sites (N-methyl/N-ethyl adjacent to an activating group) is 1. The summed E-state index contributed by atoms with van der Waals surface area (Å²) in [4.78, 5) is 51.5. The van der Waals surface area contributed by atoms with Crippen molar-refractivity contribution in [2.24, 2.45) is 0 Å². The Bertz CT molecular complexity index is 1380. The Kier molecular flexibility index (Phi) is 7.62. The molecule has 234 valence electrons. The number of aliphatic carboxylic acids is 1. The van der Waals surface area contributed by atoms with Crippen molar-refractivity contribution in [3.05, 3.63) is 35.1 Å². The molecule has 4 aliphatic rings. The van der Waals surface area contributed by atoms with E-state index in [9.17, 15) is 29.4 Å². The number of hydrogen-bond acceptors (Lipinski definition) is 11. The van der Waals surface area contributed by atoms with Gasteiger partial charge in [0.2, 0.25) is 0 Å². The number of hydrogen-bond donors (Lipinski definition) is 3. The van der Waals surface area contributed by atoms with Gasteiger partial charge < -0.3 is 44.1 Å². The van der Waals surface area contributed by atoms with Crippen LogP contribution in [0, 0.1) is 0 Å². The summed E-state index contributed by atoms with van der Waals surface area (Å²) in [5, 5.41) is 23.8. The highest BCUT2D eigenvalue weighted by Gasteiger charge is 2.72. The molecule has 6 atom stereocenters. The summed E-state index contributed by atoms with van der Waals surface area (Å²) in [6.07, 6.45) is -0.949. The molecule has 43 heavy (non-hydrogen) atoms. The van der Waals surface area contributed by atoms with Gasteiger partial charge in [0, 0.05) is 18.0 Å². The fourth-order valence-corrected chi connectivity index (χ4v) is 6.90. The quantitative estimate of drug-likeness (QED) is 0.292. The van der Waals surface area contributed by atoms with Gasteiger partial charge in [-0.05, 0) is 71.8 Å². The smallest absolute Gasteiger partial charge is 0.408 e. The zero-order valence-corrected chi connectivity index (χ0v) is 25.1. The molecule has 1 aromatic carbocycles. The SMILES string of the molecule is COc1ccc2c3c1O[C@H]1C(OC(=O)[C@H](C)OC(=O)C[C@H](NC(=O)OC(C)(C)C)C(=O)O)=CC[C@@]4(O)[C@@H](C2)N(C)CC[C@]314. The molecule has 1 saturated heterocycles. The lowest BCUT2D eigenvalue weighted by Gasteiger charge is -2.61. The van der Waals surface area contributed by atoms with E-state index in [-0.39, 0.29) is 18.2 Å². The summed E-state index contributed by atoms with van der Waals surface area (Å²) >= 11 is 0. The average molecular weight is 603 g/mol. The molecule has 13 heteroatoms. The third-order valence-corrected chi connectivity index (χ3v) is 8.78. The Balaban J connectivity index is 1.31. The molecule has 0 saturated carbocycles. The van der Waals surface area contributed by atoms with Crippen LogP contribution in [0.15, 0.2) is 24.0 Å². The van der Waals surface area contributed by atoms with Crippen LogP contribution in [-0.4, -0.2) is 95.3 Å². The molecular formula is C30H38N2O11. The van der Waals surface area contributed by atoms with Gasteiger partial charge in [-0.2, -0.15) is 0 Å². The van der Waals surface area contributed by atoms with Crippen LogP contribution in [0.4, 0.5) is 4.79 Å². The zero-order valence-electron chi connectivity index (χ0n) is 25.1. The van der Waals surface area contributed by atoms with Crippen molar-refractivity contribution in [2.45, 2.75) is 94.3 Å². The average Bonchev–Trinajstić information content (AvgIpc) is 3.26. The number of nitrogens with zero attached hydrogens (tertiary/aromatic N) is 1. The fraction of sp³-hybridized carbons (Fsp3) is 0.600. The van der Waals surface area contributed by atoms with Gasteiger partial charge in [-0.3, -0.25) is 4.79 Å². The number of methoxy groups -OCH3 is 1. The number of nitrogens with one attached hydrogen (secondary N) is 1. The number of benzene rings is 1. The van der Waals surface area contributed by atoms with Gasteiger partial charge >= 0.3 is 24.0 Å². The third-order valence-electron chi connectivity index (χ3n) is 8.78. The zero-order chi connectivity index (χ0) is 31.5. The Hall–Kier alpha value is -3.84. The van der Waals surface area contributed by atoms with Crippen LogP contribution in [-0.2, 0) is 40.4 Å². The number of carbonyl (C=O) groups excluding carboxylic acids is 3. The van der Waals surface area contributed by atoms with Crippen molar-refractivity contribution < 1.29 is 53.1 Å². The molecule has 5 rings (SSSR count). The van der Waals surface area contributed by atoms with Crippen molar-refractivity contribution in [3.63, 3.8) is 0 Å². The number of ether oxygens (including phenoxy) is 5. The minimum atomic E-state index is -1.64. The van der Waals surface area contributed by atoms with Crippen molar-refractivity contribution in [3.8, 4) is 11.5 Å². The Morgan fingerprint density at radius 2 is 1.95 bits per heavy atom. The molecule has 13 nitrogen and oxygen atoms in total. The van der Waals surface area contributed by atoms with Crippen molar-refractivity contribution in [2.75, 3.05) is 20.7 Å². The molecule has 1 spiro atoms. The van der Waals surface area contributed by atoms with Crippen LogP contribution < -0.4 is 14.8 Å². The van der Waals surface area contributed by atoms with E-state index < -0.39 is 65.3 Å². The third kappa shape index (κ3) is 5.07.